The lowest BCUT2D eigenvalue weighted by Gasteiger charge is -2.16. The van der Waals surface area contributed by atoms with Crippen molar-refractivity contribution in [3.05, 3.63) is 31.6 Å². The molecule has 0 atom stereocenters. The zero-order chi connectivity index (χ0) is 14.0. The Hall–Kier alpha value is -1.07. The first-order valence-corrected chi connectivity index (χ1v) is 6.91. The third-order valence-corrected chi connectivity index (χ3v) is 4.19. The molecule has 1 heterocycles. The molecule has 0 amide bonds. The maximum atomic E-state index is 12.2. The van der Waals surface area contributed by atoms with Crippen LogP contribution in [0.15, 0.2) is 9.59 Å². The third kappa shape index (κ3) is 2.92. The van der Waals surface area contributed by atoms with Crippen LogP contribution in [-0.2, 0) is 17.7 Å². The minimum Gasteiger partial charge on any atom is -0.385 e. The molecule has 1 N–H and O–H groups in total. The van der Waals surface area contributed by atoms with Crippen molar-refractivity contribution >= 4 is 11.6 Å². The van der Waals surface area contributed by atoms with Gasteiger partial charge in [0.15, 0.2) is 0 Å². The number of nitrogens with one attached hydrogen (secondary N) is 1. The molecule has 1 fully saturated rings. The average Bonchev–Trinajstić information content (AvgIpc) is 3.13. The van der Waals surface area contributed by atoms with E-state index in [1.165, 1.54) is 4.57 Å². The van der Waals surface area contributed by atoms with Crippen LogP contribution in [0.3, 0.4) is 0 Å². The number of H-pyrrole nitrogens is 1. The molecule has 1 aromatic rings. The van der Waals surface area contributed by atoms with E-state index in [9.17, 15) is 9.59 Å². The summed E-state index contributed by atoms with van der Waals surface area (Å²) in [5.41, 5.74) is -0.161. The molecule has 0 radical (unpaired) electrons. The molecule has 0 saturated heterocycles. The second kappa shape index (κ2) is 5.51. The van der Waals surface area contributed by atoms with Crippen LogP contribution in [0.4, 0.5) is 0 Å². The molecule has 5 nitrogen and oxygen atoms in total. The first kappa shape index (κ1) is 14.3. The van der Waals surface area contributed by atoms with Crippen LogP contribution in [0, 0.1) is 5.41 Å². The predicted octanol–water partition coefficient (Wildman–Crippen LogP) is 1.57. The molecular formula is C13H19ClN2O3. The van der Waals surface area contributed by atoms with Gasteiger partial charge in [-0.1, -0.05) is 18.5 Å². The van der Waals surface area contributed by atoms with Gasteiger partial charge >= 0.3 is 5.69 Å². The Labute approximate surface area is 116 Å². The van der Waals surface area contributed by atoms with E-state index in [4.69, 9.17) is 16.3 Å². The summed E-state index contributed by atoms with van der Waals surface area (Å²) in [4.78, 5) is 26.7. The van der Waals surface area contributed by atoms with E-state index in [0.29, 0.717) is 25.1 Å². The molecule has 1 saturated carbocycles. The number of hydrogen-bond donors (Lipinski definition) is 1. The first-order chi connectivity index (χ1) is 9.03. The van der Waals surface area contributed by atoms with Crippen LogP contribution >= 0.6 is 11.6 Å². The van der Waals surface area contributed by atoms with E-state index >= 15 is 0 Å². The van der Waals surface area contributed by atoms with Gasteiger partial charge in [0.05, 0.1) is 5.56 Å². The Morgan fingerprint density at radius 2 is 2.11 bits per heavy atom. The van der Waals surface area contributed by atoms with Crippen LogP contribution in [0.25, 0.3) is 0 Å². The minimum absolute atomic E-state index is 0.0473. The van der Waals surface area contributed by atoms with Crippen LogP contribution in [0.1, 0.15) is 31.7 Å². The SMILES string of the molecule is CCc1c(Cl)[nH]c(=O)n(CC2(CCOC)CC2)c1=O. The summed E-state index contributed by atoms with van der Waals surface area (Å²) in [6, 6.07) is 0. The number of aromatic nitrogens is 2. The molecule has 2 rings (SSSR count). The number of rotatable bonds is 6. The second-order valence-electron chi connectivity index (χ2n) is 5.21. The Morgan fingerprint density at radius 3 is 2.63 bits per heavy atom. The van der Waals surface area contributed by atoms with Crippen molar-refractivity contribution in [3.63, 3.8) is 0 Å². The summed E-state index contributed by atoms with van der Waals surface area (Å²) in [5.74, 6) is 0. The van der Waals surface area contributed by atoms with E-state index in [1.807, 2.05) is 6.92 Å². The second-order valence-corrected chi connectivity index (χ2v) is 5.59. The van der Waals surface area contributed by atoms with Crippen LogP contribution < -0.4 is 11.2 Å². The fourth-order valence-corrected chi connectivity index (χ4v) is 2.65. The molecule has 1 aliphatic rings. The third-order valence-electron chi connectivity index (χ3n) is 3.87. The lowest BCUT2D eigenvalue weighted by molar-refractivity contribution is 0.166. The van der Waals surface area contributed by atoms with E-state index in [1.54, 1.807) is 7.11 Å². The van der Waals surface area contributed by atoms with E-state index in [-0.39, 0.29) is 16.1 Å². The summed E-state index contributed by atoms with van der Waals surface area (Å²) in [7, 11) is 1.66. The van der Waals surface area contributed by atoms with E-state index in [2.05, 4.69) is 4.98 Å². The van der Waals surface area contributed by atoms with Gasteiger partial charge in [0, 0.05) is 20.3 Å². The van der Waals surface area contributed by atoms with Gasteiger partial charge in [-0.2, -0.15) is 0 Å². The summed E-state index contributed by atoms with van der Waals surface area (Å²) in [6.45, 7) is 2.96. The molecule has 0 aromatic carbocycles. The highest BCUT2D eigenvalue weighted by molar-refractivity contribution is 6.30. The number of aromatic amines is 1. The van der Waals surface area contributed by atoms with E-state index in [0.717, 1.165) is 19.3 Å². The molecule has 19 heavy (non-hydrogen) atoms. The lowest BCUT2D eigenvalue weighted by Crippen LogP contribution is -2.39. The van der Waals surface area contributed by atoms with Crippen molar-refractivity contribution in [1.29, 1.82) is 0 Å². The van der Waals surface area contributed by atoms with Gasteiger partial charge in [-0.15, -0.1) is 0 Å². The largest absolute Gasteiger partial charge is 0.385 e. The zero-order valence-electron chi connectivity index (χ0n) is 11.3. The van der Waals surface area contributed by atoms with Crippen LogP contribution in [-0.4, -0.2) is 23.3 Å². The van der Waals surface area contributed by atoms with Crippen LogP contribution in [0.5, 0.6) is 0 Å². The van der Waals surface area contributed by atoms with Crippen molar-refractivity contribution in [2.45, 2.75) is 39.2 Å². The highest BCUT2D eigenvalue weighted by atomic mass is 35.5. The van der Waals surface area contributed by atoms with Crippen molar-refractivity contribution in [3.8, 4) is 0 Å². The van der Waals surface area contributed by atoms with Gasteiger partial charge < -0.3 is 4.74 Å². The van der Waals surface area contributed by atoms with Gasteiger partial charge in [-0.05, 0) is 31.1 Å². The topological polar surface area (TPSA) is 64.1 Å². The lowest BCUT2D eigenvalue weighted by atomic mass is 10.0. The molecule has 1 aromatic heterocycles. The van der Waals surface area contributed by atoms with Crippen molar-refractivity contribution < 1.29 is 4.74 Å². The van der Waals surface area contributed by atoms with Crippen LogP contribution in [0.2, 0.25) is 5.15 Å². The van der Waals surface area contributed by atoms with E-state index < -0.39 is 5.69 Å². The predicted molar refractivity (Wildman–Crippen MR) is 73.9 cm³/mol. The monoisotopic (exact) mass is 286 g/mol. The molecule has 0 unspecified atom stereocenters. The smallest absolute Gasteiger partial charge is 0.329 e. The first-order valence-electron chi connectivity index (χ1n) is 6.53. The number of halogens is 1. The summed E-state index contributed by atoms with van der Waals surface area (Å²) >= 11 is 5.89. The maximum absolute atomic E-state index is 12.2. The molecule has 0 bridgehead atoms. The molecule has 1 aliphatic carbocycles. The van der Waals surface area contributed by atoms with Gasteiger partial charge in [0.2, 0.25) is 0 Å². The normalized spacial score (nSPS) is 16.6. The van der Waals surface area contributed by atoms with Gasteiger partial charge in [-0.25, -0.2) is 4.79 Å². The number of hydrogen-bond acceptors (Lipinski definition) is 3. The molecule has 6 heteroatoms. The number of ether oxygens (including phenoxy) is 1. The Morgan fingerprint density at radius 1 is 1.42 bits per heavy atom. The van der Waals surface area contributed by atoms with Crippen molar-refractivity contribution in [2.75, 3.05) is 13.7 Å². The summed E-state index contributed by atoms with van der Waals surface area (Å²) in [5, 5.41) is 0.162. The molecular weight excluding hydrogens is 268 g/mol. The van der Waals surface area contributed by atoms with Gasteiger partial charge in [-0.3, -0.25) is 14.3 Å². The standard InChI is InChI=1S/C13H19ClN2O3/c1-3-9-10(14)15-12(18)16(11(9)17)8-13(4-5-13)6-7-19-2/h3-8H2,1-2H3,(H,15,18). The molecule has 0 aliphatic heterocycles. The van der Waals surface area contributed by atoms with Crippen molar-refractivity contribution in [2.24, 2.45) is 5.41 Å². The zero-order valence-corrected chi connectivity index (χ0v) is 12.0. The maximum Gasteiger partial charge on any atom is 0.329 e. The Kier molecular flexibility index (Phi) is 4.16. The highest BCUT2D eigenvalue weighted by Gasteiger charge is 2.43. The Balaban J connectivity index is 2.31. The number of nitrogens with zero attached hydrogens (tertiary/aromatic N) is 1. The fraction of sp³-hybridized carbons (Fsp3) is 0.692. The van der Waals surface area contributed by atoms with Gasteiger partial charge in [0.1, 0.15) is 5.15 Å². The van der Waals surface area contributed by atoms with Gasteiger partial charge in [0.25, 0.3) is 5.56 Å². The minimum atomic E-state index is -0.420. The summed E-state index contributed by atoms with van der Waals surface area (Å²) < 4.78 is 6.37. The fourth-order valence-electron chi connectivity index (χ4n) is 2.35. The average molecular weight is 287 g/mol. The molecule has 0 spiro atoms. The molecule has 106 valence electrons. The highest BCUT2D eigenvalue weighted by Crippen LogP contribution is 2.49. The number of methoxy groups -OCH3 is 1. The quantitative estimate of drug-likeness (QED) is 0.808. The summed E-state index contributed by atoms with van der Waals surface area (Å²) in [6.07, 6.45) is 3.46. The Bertz CT molecular complexity index is 572. The van der Waals surface area contributed by atoms with Crippen molar-refractivity contribution in [1.82, 2.24) is 9.55 Å².